The number of Topliss-reactive ketones (excluding diaryl/α,β-unsaturated/α-hetero) is 1. The molecule has 0 saturated carbocycles. The van der Waals surface area contributed by atoms with E-state index in [1.165, 1.54) is 0 Å². The Morgan fingerprint density at radius 1 is 1.43 bits per heavy atom. The molecule has 1 unspecified atom stereocenters. The first-order valence-electron chi connectivity index (χ1n) is 4.49. The van der Waals surface area contributed by atoms with Gasteiger partial charge in [0.2, 0.25) is 0 Å². The van der Waals surface area contributed by atoms with Crippen LogP contribution in [0.15, 0.2) is 30.3 Å². The molecular weight excluding hydrogens is 174 g/mol. The zero-order valence-electron chi connectivity index (χ0n) is 7.94. The summed E-state index contributed by atoms with van der Waals surface area (Å²) in [6.07, 6.45) is 5.71. The molecule has 2 N–H and O–H groups in total. The number of terminal acetylenes is 1. The van der Waals surface area contributed by atoms with Crippen LogP contribution in [-0.4, -0.2) is 11.8 Å². The first-order valence-corrected chi connectivity index (χ1v) is 4.49. The Kier molecular flexibility index (Phi) is 3.90. The Morgan fingerprint density at radius 2 is 2.07 bits per heavy atom. The zero-order chi connectivity index (χ0) is 10.4. The largest absolute Gasteiger partial charge is 0.321 e. The van der Waals surface area contributed by atoms with Gasteiger partial charge in [-0.05, 0) is 12.0 Å². The van der Waals surface area contributed by atoms with E-state index >= 15 is 0 Å². The van der Waals surface area contributed by atoms with Crippen molar-refractivity contribution in [3.63, 3.8) is 0 Å². The zero-order valence-corrected chi connectivity index (χ0v) is 7.94. The summed E-state index contributed by atoms with van der Waals surface area (Å²) in [5.74, 6) is 2.23. The average molecular weight is 187 g/mol. The molecule has 0 aromatic heterocycles. The van der Waals surface area contributed by atoms with Crippen LogP contribution < -0.4 is 5.73 Å². The van der Waals surface area contributed by atoms with Gasteiger partial charge in [-0.2, -0.15) is 0 Å². The van der Waals surface area contributed by atoms with Gasteiger partial charge in [0, 0.05) is 0 Å². The number of hydrogen-bond donors (Lipinski definition) is 1. The van der Waals surface area contributed by atoms with Crippen molar-refractivity contribution >= 4 is 5.78 Å². The molecule has 0 aliphatic carbocycles. The molecule has 1 aromatic carbocycles. The second-order valence-electron chi connectivity index (χ2n) is 3.14. The predicted octanol–water partition coefficient (Wildman–Crippen LogP) is 1.15. The van der Waals surface area contributed by atoms with Crippen molar-refractivity contribution in [1.29, 1.82) is 0 Å². The minimum Gasteiger partial charge on any atom is -0.321 e. The van der Waals surface area contributed by atoms with Crippen molar-refractivity contribution in [2.45, 2.75) is 18.9 Å². The maximum Gasteiger partial charge on any atom is 0.161 e. The van der Waals surface area contributed by atoms with E-state index in [1.807, 2.05) is 30.3 Å². The van der Waals surface area contributed by atoms with Gasteiger partial charge in [-0.3, -0.25) is 4.79 Å². The standard InChI is InChI=1S/C12H13NO/c1-2-6-12(14)11(13)9-10-7-4-3-5-8-10/h1,3-5,7-8,11H,6,9,13H2. The van der Waals surface area contributed by atoms with Crippen molar-refractivity contribution in [3.05, 3.63) is 35.9 Å². The maximum absolute atomic E-state index is 11.3. The van der Waals surface area contributed by atoms with Crippen LogP contribution in [0.2, 0.25) is 0 Å². The van der Waals surface area contributed by atoms with Gasteiger partial charge in [0.1, 0.15) is 0 Å². The molecule has 0 aliphatic rings. The summed E-state index contributed by atoms with van der Waals surface area (Å²) in [6.45, 7) is 0. The minimum absolute atomic E-state index is 0.0728. The van der Waals surface area contributed by atoms with Crippen molar-refractivity contribution in [3.8, 4) is 12.3 Å². The van der Waals surface area contributed by atoms with Crippen LogP contribution >= 0.6 is 0 Å². The fraction of sp³-hybridized carbons (Fsp3) is 0.250. The van der Waals surface area contributed by atoms with Crippen LogP contribution in [0.4, 0.5) is 0 Å². The van der Waals surface area contributed by atoms with E-state index in [0.717, 1.165) is 5.56 Å². The highest BCUT2D eigenvalue weighted by molar-refractivity contribution is 5.86. The Hall–Kier alpha value is -1.59. The predicted molar refractivity (Wildman–Crippen MR) is 56.6 cm³/mol. The van der Waals surface area contributed by atoms with E-state index < -0.39 is 6.04 Å². The van der Waals surface area contributed by atoms with Gasteiger partial charge in [0.05, 0.1) is 12.5 Å². The normalized spacial score (nSPS) is 11.7. The molecule has 0 amide bonds. The van der Waals surface area contributed by atoms with Gasteiger partial charge in [-0.1, -0.05) is 36.3 Å². The average Bonchev–Trinajstić information content (AvgIpc) is 2.19. The Bertz CT molecular complexity index is 337. The summed E-state index contributed by atoms with van der Waals surface area (Å²) in [7, 11) is 0. The molecule has 0 bridgehead atoms. The molecule has 0 saturated heterocycles. The number of nitrogens with two attached hydrogens (primary N) is 1. The second-order valence-corrected chi connectivity index (χ2v) is 3.14. The van der Waals surface area contributed by atoms with Gasteiger partial charge in [0.15, 0.2) is 5.78 Å². The minimum atomic E-state index is -0.478. The van der Waals surface area contributed by atoms with Crippen LogP contribution in [0.25, 0.3) is 0 Å². The van der Waals surface area contributed by atoms with Crippen molar-refractivity contribution in [2.24, 2.45) is 5.73 Å². The van der Waals surface area contributed by atoms with Gasteiger partial charge in [-0.15, -0.1) is 6.42 Å². The smallest absolute Gasteiger partial charge is 0.161 e. The van der Waals surface area contributed by atoms with E-state index in [1.54, 1.807) is 0 Å². The van der Waals surface area contributed by atoms with Crippen molar-refractivity contribution < 1.29 is 4.79 Å². The molecule has 0 spiro atoms. The summed E-state index contributed by atoms with van der Waals surface area (Å²) in [5.41, 5.74) is 6.75. The van der Waals surface area contributed by atoms with E-state index in [2.05, 4.69) is 5.92 Å². The SMILES string of the molecule is C#CCC(=O)C(N)Cc1ccccc1. The fourth-order valence-corrected chi connectivity index (χ4v) is 1.21. The van der Waals surface area contributed by atoms with E-state index in [-0.39, 0.29) is 12.2 Å². The Morgan fingerprint density at radius 3 is 2.64 bits per heavy atom. The van der Waals surface area contributed by atoms with Crippen molar-refractivity contribution in [2.75, 3.05) is 0 Å². The van der Waals surface area contributed by atoms with E-state index in [4.69, 9.17) is 12.2 Å². The van der Waals surface area contributed by atoms with Gasteiger partial charge in [-0.25, -0.2) is 0 Å². The molecule has 2 heteroatoms. The summed E-state index contributed by atoms with van der Waals surface area (Å²) in [4.78, 5) is 11.3. The topological polar surface area (TPSA) is 43.1 Å². The van der Waals surface area contributed by atoms with Crippen molar-refractivity contribution in [1.82, 2.24) is 0 Å². The molecule has 2 nitrogen and oxygen atoms in total. The molecule has 1 aromatic rings. The maximum atomic E-state index is 11.3. The highest BCUT2D eigenvalue weighted by Crippen LogP contribution is 2.03. The molecule has 0 aliphatic heterocycles. The van der Waals surface area contributed by atoms with Gasteiger partial charge >= 0.3 is 0 Å². The van der Waals surface area contributed by atoms with Gasteiger partial charge < -0.3 is 5.73 Å². The Balaban J connectivity index is 2.54. The van der Waals surface area contributed by atoms with E-state index in [9.17, 15) is 4.79 Å². The second kappa shape index (κ2) is 5.21. The van der Waals surface area contributed by atoms with Crippen LogP contribution in [0, 0.1) is 12.3 Å². The van der Waals surface area contributed by atoms with Crippen LogP contribution in [-0.2, 0) is 11.2 Å². The van der Waals surface area contributed by atoms with Crippen LogP contribution in [0.5, 0.6) is 0 Å². The summed E-state index contributed by atoms with van der Waals surface area (Å²) >= 11 is 0. The van der Waals surface area contributed by atoms with E-state index in [0.29, 0.717) is 6.42 Å². The lowest BCUT2D eigenvalue weighted by Gasteiger charge is -2.08. The number of rotatable bonds is 4. The lowest BCUT2D eigenvalue weighted by molar-refractivity contribution is -0.119. The molecule has 1 atom stereocenters. The van der Waals surface area contributed by atoms with Gasteiger partial charge in [0.25, 0.3) is 0 Å². The quantitative estimate of drug-likeness (QED) is 0.718. The first kappa shape index (κ1) is 10.5. The monoisotopic (exact) mass is 187 g/mol. The molecule has 1 rings (SSSR count). The number of benzene rings is 1. The highest BCUT2D eigenvalue weighted by Gasteiger charge is 2.12. The van der Waals surface area contributed by atoms with Crippen LogP contribution in [0.1, 0.15) is 12.0 Å². The molecule has 0 fully saturated rings. The molecular formula is C12H13NO. The summed E-state index contributed by atoms with van der Waals surface area (Å²) in [5, 5.41) is 0. The number of carbonyl (C=O) groups excluding carboxylic acids is 1. The first-order chi connectivity index (χ1) is 6.74. The number of hydrogen-bond acceptors (Lipinski definition) is 2. The third-order valence-electron chi connectivity index (χ3n) is 1.99. The summed E-state index contributed by atoms with van der Waals surface area (Å²) < 4.78 is 0. The lowest BCUT2D eigenvalue weighted by atomic mass is 10.0. The highest BCUT2D eigenvalue weighted by atomic mass is 16.1. The fourth-order valence-electron chi connectivity index (χ4n) is 1.21. The third-order valence-corrected chi connectivity index (χ3v) is 1.99. The lowest BCUT2D eigenvalue weighted by Crippen LogP contribution is -2.32. The summed E-state index contributed by atoms with van der Waals surface area (Å²) in [6, 6.07) is 9.19. The molecule has 72 valence electrons. The molecule has 14 heavy (non-hydrogen) atoms. The Labute approximate surface area is 84.1 Å². The molecule has 0 heterocycles. The number of carbonyl (C=O) groups is 1. The number of ketones is 1. The van der Waals surface area contributed by atoms with Crippen LogP contribution in [0.3, 0.4) is 0 Å². The molecule has 0 radical (unpaired) electrons. The third kappa shape index (κ3) is 3.04.